The van der Waals surface area contributed by atoms with Crippen molar-refractivity contribution in [3.05, 3.63) is 87.8 Å². The molecule has 4 rings (SSSR count). The minimum atomic E-state index is -0.379. The van der Waals surface area contributed by atoms with Crippen LogP contribution in [0.5, 0.6) is 0 Å². The van der Waals surface area contributed by atoms with Gasteiger partial charge in [0.15, 0.2) is 11.4 Å². The topological polar surface area (TPSA) is 69.8 Å². The third-order valence-corrected chi connectivity index (χ3v) is 4.36. The normalized spacial score (nSPS) is 11.0. The van der Waals surface area contributed by atoms with Crippen molar-refractivity contribution in [3.63, 3.8) is 0 Å². The van der Waals surface area contributed by atoms with Gasteiger partial charge < -0.3 is 0 Å². The molecular formula is C19H12ClFN4O2. The Morgan fingerprint density at radius 3 is 2.48 bits per heavy atom. The molecule has 0 spiro atoms. The van der Waals surface area contributed by atoms with E-state index in [2.05, 4.69) is 10.1 Å². The number of carbonyl (C=O) groups is 1. The molecular weight excluding hydrogens is 371 g/mol. The summed E-state index contributed by atoms with van der Waals surface area (Å²) in [6.45, 7) is -0.148. The lowest BCUT2D eigenvalue weighted by atomic mass is 10.1. The van der Waals surface area contributed by atoms with Gasteiger partial charge in [-0.1, -0.05) is 11.6 Å². The van der Waals surface area contributed by atoms with Crippen molar-refractivity contribution in [2.75, 3.05) is 0 Å². The summed E-state index contributed by atoms with van der Waals surface area (Å²) in [5.74, 6) is -0.605. The number of benzene rings is 2. The van der Waals surface area contributed by atoms with Crippen LogP contribution < -0.4 is 5.56 Å². The molecule has 0 atom stereocenters. The lowest BCUT2D eigenvalue weighted by molar-refractivity contribution is 0.0970. The van der Waals surface area contributed by atoms with E-state index in [0.717, 1.165) is 0 Å². The van der Waals surface area contributed by atoms with Gasteiger partial charge in [-0.25, -0.2) is 14.1 Å². The molecule has 0 aliphatic rings. The van der Waals surface area contributed by atoms with Gasteiger partial charge in [0.2, 0.25) is 0 Å². The number of Topliss-reactive ketones (excluding diaryl/α,β-unsaturated/α-hetero) is 1. The summed E-state index contributed by atoms with van der Waals surface area (Å²) in [5, 5.41) is 4.96. The minimum Gasteiger partial charge on any atom is -0.292 e. The summed E-state index contributed by atoms with van der Waals surface area (Å²) >= 11 is 5.82. The van der Waals surface area contributed by atoms with Gasteiger partial charge in [0.1, 0.15) is 17.5 Å². The van der Waals surface area contributed by atoms with Crippen molar-refractivity contribution in [2.45, 2.75) is 6.54 Å². The number of ketones is 1. The summed E-state index contributed by atoms with van der Waals surface area (Å²) in [6, 6.07) is 12.1. The Bertz CT molecular complexity index is 1200. The SMILES string of the molecule is O=C(Cn1cnc2c(cnn2-c2ccc(F)cc2)c1=O)c1ccc(Cl)cc1. The van der Waals surface area contributed by atoms with Crippen molar-refractivity contribution in [1.82, 2.24) is 19.3 Å². The molecule has 134 valence electrons. The third kappa shape index (κ3) is 3.24. The van der Waals surface area contributed by atoms with Gasteiger partial charge in [0.05, 0.1) is 18.4 Å². The van der Waals surface area contributed by atoms with E-state index in [4.69, 9.17) is 11.6 Å². The minimum absolute atomic E-state index is 0.148. The highest BCUT2D eigenvalue weighted by Crippen LogP contribution is 2.14. The Labute approximate surface area is 157 Å². The van der Waals surface area contributed by atoms with Crippen molar-refractivity contribution >= 4 is 28.4 Å². The molecule has 4 aromatic rings. The molecule has 0 N–H and O–H groups in total. The van der Waals surface area contributed by atoms with Gasteiger partial charge in [-0.05, 0) is 48.5 Å². The van der Waals surface area contributed by atoms with Gasteiger partial charge in [0.25, 0.3) is 5.56 Å². The van der Waals surface area contributed by atoms with E-state index in [0.29, 0.717) is 21.9 Å². The van der Waals surface area contributed by atoms with E-state index in [1.165, 1.54) is 33.9 Å². The van der Waals surface area contributed by atoms with Crippen molar-refractivity contribution in [2.24, 2.45) is 0 Å². The number of aromatic nitrogens is 4. The Morgan fingerprint density at radius 1 is 1.07 bits per heavy atom. The molecule has 8 heteroatoms. The number of hydrogen-bond acceptors (Lipinski definition) is 4. The van der Waals surface area contributed by atoms with Crippen molar-refractivity contribution < 1.29 is 9.18 Å². The quantitative estimate of drug-likeness (QED) is 0.508. The fraction of sp³-hybridized carbons (Fsp3) is 0.0526. The first-order valence-electron chi connectivity index (χ1n) is 8.01. The maximum Gasteiger partial charge on any atom is 0.264 e. The highest BCUT2D eigenvalue weighted by atomic mass is 35.5. The maximum absolute atomic E-state index is 13.1. The average Bonchev–Trinajstić information content (AvgIpc) is 3.10. The van der Waals surface area contributed by atoms with E-state index >= 15 is 0 Å². The number of hydrogen-bond donors (Lipinski definition) is 0. The number of nitrogens with zero attached hydrogens (tertiary/aromatic N) is 4. The standard InChI is InChI=1S/C19H12ClFN4O2/c20-13-3-1-12(2-4-13)17(26)10-24-11-22-18-16(19(24)27)9-23-25(18)15-7-5-14(21)6-8-15/h1-9,11H,10H2. The summed E-state index contributed by atoms with van der Waals surface area (Å²) in [7, 11) is 0. The molecule has 0 radical (unpaired) electrons. The zero-order chi connectivity index (χ0) is 19.0. The van der Waals surface area contributed by atoms with E-state index in [1.54, 1.807) is 36.4 Å². The first kappa shape index (κ1) is 17.1. The highest BCUT2D eigenvalue weighted by Gasteiger charge is 2.14. The third-order valence-electron chi connectivity index (χ3n) is 4.11. The lowest BCUT2D eigenvalue weighted by Gasteiger charge is -2.06. The molecule has 0 bridgehead atoms. The second-order valence-corrected chi connectivity index (χ2v) is 6.31. The lowest BCUT2D eigenvalue weighted by Crippen LogP contribution is -2.24. The Balaban J connectivity index is 1.69. The van der Waals surface area contributed by atoms with Crippen LogP contribution in [0.2, 0.25) is 5.02 Å². The fourth-order valence-corrected chi connectivity index (χ4v) is 2.84. The Hall–Kier alpha value is -3.32. The van der Waals surface area contributed by atoms with Crippen LogP contribution in [-0.2, 0) is 6.54 Å². The van der Waals surface area contributed by atoms with Crippen LogP contribution in [0.25, 0.3) is 16.7 Å². The first-order valence-corrected chi connectivity index (χ1v) is 8.38. The van der Waals surface area contributed by atoms with E-state index < -0.39 is 0 Å². The van der Waals surface area contributed by atoms with Crippen LogP contribution in [0, 0.1) is 5.82 Å². The van der Waals surface area contributed by atoms with Gasteiger partial charge in [0, 0.05) is 10.6 Å². The van der Waals surface area contributed by atoms with Crippen molar-refractivity contribution in [3.8, 4) is 5.69 Å². The predicted octanol–water partition coefficient (Wildman–Crippen LogP) is 3.26. The average molecular weight is 383 g/mol. The van der Waals surface area contributed by atoms with Crippen LogP contribution >= 0.6 is 11.6 Å². The smallest absolute Gasteiger partial charge is 0.264 e. The molecule has 0 fully saturated rings. The largest absolute Gasteiger partial charge is 0.292 e. The highest BCUT2D eigenvalue weighted by molar-refractivity contribution is 6.30. The van der Waals surface area contributed by atoms with Gasteiger partial charge in [-0.15, -0.1) is 0 Å². The number of fused-ring (bicyclic) bond motifs is 1. The number of carbonyl (C=O) groups excluding carboxylic acids is 1. The molecule has 0 aliphatic carbocycles. The van der Waals surface area contributed by atoms with Gasteiger partial charge in [-0.2, -0.15) is 5.10 Å². The van der Waals surface area contributed by atoms with Crippen molar-refractivity contribution in [1.29, 1.82) is 0 Å². The van der Waals surface area contributed by atoms with Crippen LogP contribution in [0.3, 0.4) is 0 Å². The van der Waals surface area contributed by atoms with Gasteiger partial charge >= 0.3 is 0 Å². The second kappa shape index (κ2) is 6.77. The number of halogens is 2. The second-order valence-electron chi connectivity index (χ2n) is 5.88. The number of rotatable bonds is 4. The van der Waals surface area contributed by atoms with Crippen LogP contribution in [0.15, 0.2) is 65.8 Å². The molecule has 2 aromatic carbocycles. The first-order chi connectivity index (χ1) is 13.0. The summed E-state index contributed by atoms with van der Waals surface area (Å²) in [4.78, 5) is 29.3. The molecule has 0 amide bonds. The van der Waals surface area contributed by atoms with Crippen LogP contribution in [0.4, 0.5) is 4.39 Å². The molecule has 6 nitrogen and oxygen atoms in total. The zero-order valence-electron chi connectivity index (χ0n) is 13.8. The Kier molecular flexibility index (Phi) is 4.29. The van der Waals surface area contributed by atoms with Gasteiger partial charge in [-0.3, -0.25) is 14.2 Å². The molecule has 27 heavy (non-hydrogen) atoms. The van der Waals surface area contributed by atoms with E-state index in [-0.39, 0.29) is 29.1 Å². The molecule has 0 aliphatic heterocycles. The molecule has 0 saturated carbocycles. The Morgan fingerprint density at radius 2 is 1.78 bits per heavy atom. The summed E-state index contributed by atoms with van der Waals surface area (Å²) < 4.78 is 15.8. The fourth-order valence-electron chi connectivity index (χ4n) is 2.71. The summed E-state index contributed by atoms with van der Waals surface area (Å²) in [6.07, 6.45) is 2.69. The molecule has 2 heterocycles. The van der Waals surface area contributed by atoms with Crippen LogP contribution in [-0.4, -0.2) is 25.1 Å². The molecule has 2 aromatic heterocycles. The predicted molar refractivity (Wildman–Crippen MR) is 98.9 cm³/mol. The van der Waals surface area contributed by atoms with Crippen LogP contribution in [0.1, 0.15) is 10.4 Å². The molecule has 0 unspecified atom stereocenters. The van der Waals surface area contributed by atoms with E-state index in [1.807, 2.05) is 0 Å². The molecule has 0 saturated heterocycles. The monoisotopic (exact) mass is 382 g/mol. The maximum atomic E-state index is 13.1. The summed E-state index contributed by atoms with van der Waals surface area (Å²) in [5.41, 5.74) is 0.985. The van der Waals surface area contributed by atoms with E-state index in [9.17, 15) is 14.0 Å². The zero-order valence-corrected chi connectivity index (χ0v) is 14.6.